The van der Waals surface area contributed by atoms with Crippen LogP contribution in [-0.2, 0) is 6.42 Å². The Hall–Kier alpha value is -2.68. The molecule has 0 unspecified atom stereocenters. The summed E-state index contributed by atoms with van der Waals surface area (Å²) in [4.78, 5) is 4.62. The molecule has 0 atom stereocenters. The molecule has 0 spiro atoms. The zero-order valence-electron chi connectivity index (χ0n) is 19.3. The first kappa shape index (κ1) is 21.5. The molecule has 3 heteroatoms. The van der Waals surface area contributed by atoms with Crippen molar-refractivity contribution in [2.24, 2.45) is 11.8 Å². The van der Waals surface area contributed by atoms with Gasteiger partial charge in [-0.1, -0.05) is 32.0 Å². The SMILES string of the molecule is Cc1cc(-c2ccc(NCC3CC3)nc2)c(C)c(C)c1-c1ccc(CC(C)C)c(F)c1. The molecular formula is C28H33FN2. The first-order valence-corrected chi connectivity index (χ1v) is 11.4. The molecule has 4 rings (SSSR count). The summed E-state index contributed by atoms with van der Waals surface area (Å²) in [7, 11) is 0. The molecule has 1 heterocycles. The second-order valence-corrected chi connectivity index (χ2v) is 9.53. The van der Waals surface area contributed by atoms with Crippen molar-refractivity contribution >= 4 is 5.82 Å². The molecule has 0 radical (unpaired) electrons. The predicted molar refractivity (Wildman–Crippen MR) is 129 cm³/mol. The van der Waals surface area contributed by atoms with Crippen LogP contribution in [0.3, 0.4) is 0 Å². The number of benzene rings is 2. The third kappa shape index (κ3) is 4.81. The summed E-state index contributed by atoms with van der Waals surface area (Å²) < 4.78 is 14.7. The average Bonchev–Trinajstić information content (AvgIpc) is 3.56. The zero-order chi connectivity index (χ0) is 22.1. The van der Waals surface area contributed by atoms with Crippen molar-refractivity contribution in [2.75, 3.05) is 11.9 Å². The summed E-state index contributed by atoms with van der Waals surface area (Å²) in [5, 5.41) is 3.43. The van der Waals surface area contributed by atoms with E-state index >= 15 is 0 Å². The molecule has 1 aromatic heterocycles. The maximum Gasteiger partial charge on any atom is 0.127 e. The Bertz CT molecular complexity index is 1080. The summed E-state index contributed by atoms with van der Waals surface area (Å²) in [6.45, 7) is 11.7. The Morgan fingerprint density at radius 2 is 1.74 bits per heavy atom. The molecule has 1 aliphatic rings. The number of pyridine rings is 1. The lowest BCUT2D eigenvalue weighted by Gasteiger charge is -2.18. The van der Waals surface area contributed by atoms with Gasteiger partial charge in [-0.2, -0.15) is 0 Å². The van der Waals surface area contributed by atoms with Crippen molar-refractivity contribution in [3.8, 4) is 22.3 Å². The third-order valence-electron chi connectivity index (χ3n) is 6.41. The van der Waals surface area contributed by atoms with Crippen LogP contribution in [0.4, 0.5) is 10.2 Å². The third-order valence-corrected chi connectivity index (χ3v) is 6.41. The van der Waals surface area contributed by atoms with Gasteiger partial charge in [0.25, 0.3) is 0 Å². The Morgan fingerprint density at radius 3 is 2.35 bits per heavy atom. The van der Waals surface area contributed by atoms with Gasteiger partial charge >= 0.3 is 0 Å². The van der Waals surface area contributed by atoms with Crippen LogP contribution in [0.25, 0.3) is 22.3 Å². The molecule has 0 amide bonds. The Balaban J connectivity index is 1.64. The monoisotopic (exact) mass is 416 g/mol. The van der Waals surface area contributed by atoms with Crippen LogP contribution in [0.5, 0.6) is 0 Å². The predicted octanol–water partition coefficient (Wildman–Crippen LogP) is 7.50. The summed E-state index contributed by atoms with van der Waals surface area (Å²) >= 11 is 0. The van der Waals surface area contributed by atoms with Gasteiger partial charge in [-0.05, 0) is 109 Å². The van der Waals surface area contributed by atoms with E-state index in [9.17, 15) is 4.39 Å². The standard InChI is InChI=1S/C28H33FN2/c1-17(2)12-22-8-9-23(14-26(22)29)28-18(3)13-25(19(4)20(28)5)24-10-11-27(31-16-24)30-15-21-6-7-21/h8-11,13-14,16-17,21H,6-7,12,15H2,1-5H3,(H,30,31). The Morgan fingerprint density at radius 1 is 1.00 bits per heavy atom. The lowest BCUT2D eigenvalue weighted by Crippen LogP contribution is -2.04. The van der Waals surface area contributed by atoms with Crippen LogP contribution in [0.1, 0.15) is 48.9 Å². The number of anilines is 1. The van der Waals surface area contributed by atoms with Crippen molar-refractivity contribution in [1.29, 1.82) is 0 Å². The molecule has 2 nitrogen and oxygen atoms in total. The number of aromatic nitrogens is 1. The first-order chi connectivity index (χ1) is 14.8. The van der Waals surface area contributed by atoms with Gasteiger partial charge < -0.3 is 5.32 Å². The van der Waals surface area contributed by atoms with Crippen LogP contribution in [0, 0.1) is 38.4 Å². The highest BCUT2D eigenvalue weighted by molar-refractivity contribution is 5.79. The zero-order valence-corrected chi connectivity index (χ0v) is 19.3. The molecule has 162 valence electrons. The van der Waals surface area contributed by atoms with Gasteiger partial charge in [0, 0.05) is 18.3 Å². The number of nitrogens with one attached hydrogen (secondary N) is 1. The van der Waals surface area contributed by atoms with Gasteiger partial charge in [0.2, 0.25) is 0 Å². The van der Waals surface area contributed by atoms with Gasteiger partial charge in [0.05, 0.1) is 0 Å². The summed E-state index contributed by atoms with van der Waals surface area (Å²) in [6, 6.07) is 12.1. The number of hydrogen-bond acceptors (Lipinski definition) is 2. The fraction of sp³-hybridized carbons (Fsp3) is 0.393. The van der Waals surface area contributed by atoms with E-state index in [1.165, 1.54) is 29.5 Å². The lowest BCUT2D eigenvalue weighted by atomic mass is 9.87. The van der Waals surface area contributed by atoms with Gasteiger partial charge in [0.15, 0.2) is 0 Å². The molecule has 1 N–H and O–H groups in total. The van der Waals surface area contributed by atoms with Gasteiger partial charge in [-0.15, -0.1) is 0 Å². The van der Waals surface area contributed by atoms with Gasteiger partial charge in [-0.25, -0.2) is 9.37 Å². The van der Waals surface area contributed by atoms with Crippen molar-refractivity contribution < 1.29 is 4.39 Å². The highest BCUT2D eigenvalue weighted by Crippen LogP contribution is 2.36. The summed E-state index contributed by atoms with van der Waals surface area (Å²) in [5.41, 5.74) is 8.76. The number of aryl methyl sites for hydroxylation is 1. The number of hydrogen-bond donors (Lipinski definition) is 1. The van der Waals surface area contributed by atoms with Crippen LogP contribution in [0.2, 0.25) is 0 Å². The fourth-order valence-corrected chi connectivity index (χ4v) is 4.36. The van der Waals surface area contributed by atoms with Crippen molar-refractivity contribution in [2.45, 2.75) is 53.9 Å². The lowest BCUT2D eigenvalue weighted by molar-refractivity contribution is 0.574. The molecule has 0 bridgehead atoms. The normalized spacial score (nSPS) is 13.6. The Labute approximate surface area is 185 Å². The molecule has 31 heavy (non-hydrogen) atoms. The second-order valence-electron chi connectivity index (χ2n) is 9.53. The number of nitrogens with zero attached hydrogens (tertiary/aromatic N) is 1. The number of rotatable bonds is 7. The minimum absolute atomic E-state index is 0.106. The van der Waals surface area contributed by atoms with Gasteiger partial charge in [0.1, 0.15) is 11.6 Å². The van der Waals surface area contributed by atoms with E-state index in [1.807, 2.05) is 12.3 Å². The number of halogens is 1. The molecule has 1 saturated carbocycles. The fourth-order valence-electron chi connectivity index (χ4n) is 4.36. The van der Waals surface area contributed by atoms with Gasteiger partial charge in [-0.3, -0.25) is 0 Å². The summed E-state index contributed by atoms with van der Waals surface area (Å²) in [6.07, 6.45) is 5.39. The van der Waals surface area contributed by atoms with Crippen molar-refractivity contribution in [3.63, 3.8) is 0 Å². The van der Waals surface area contributed by atoms with E-state index < -0.39 is 0 Å². The molecule has 1 fully saturated rings. The van der Waals surface area contributed by atoms with Crippen molar-refractivity contribution in [1.82, 2.24) is 4.98 Å². The molecule has 0 aliphatic heterocycles. The minimum Gasteiger partial charge on any atom is -0.370 e. The second kappa shape index (κ2) is 8.82. The maximum atomic E-state index is 14.7. The highest BCUT2D eigenvalue weighted by atomic mass is 19.1. The van der Waals surface area contributed by atoms with E-state index in [4.69, 9.17) is 0 Å². The quantitative estimate of drug-likeness (QED) is 0.431. The van der Waals surface area contributed by atoms with E-state index in [0.717, 1.165) is 52.5 Å². The highest BCUT2D eigenvalue weighted by Gasteiger charge is 2.20. The van der Waals surface area contributed by atoms with E-state index in [0.29, 0.717) is 5.92 Å². The topological polar surface area (TPSA) is 24.9 Å². The Kier molecular flexibility index (Phi) is 6.13. The average molecular weight is 417 g/mol. The van der Waals surface area contributed by atoms with Crippen molar-refractivity contribution in [3.05, 3.63) is 70.7 Å². The van der Waals surface area contributed by atoms with Crippen LogP contribution < -0.4 is 5.32 Å². The van der Waals surface area contributed by atoms with E-state index in [1.54, 1.807) is 6.07 Å². The molecule has 0 saturated heterocycles. The van der Waals surface area contributed by atoms with Crippen LogP contribution in [-0.4, -0.2) is 11.5 Å². The van der Waals surface area contributed by atoms with Crippen LogP contribution >= 0.6 is 0 Å². The smallest absolute Gasteiger partial charge is 0.127 e. The van der Waals surface area contributed by atoms with E-state index in [2.05, 4.69) is 69.2 Å². The molecule has 1 aliphatic carbocycles. The first-order valence-electron chi connectivity index (χ1n) is 11.4. The minimum atomic E-state index is -0.106. The summed E-state index contributed by atoms with van der Waals surface area (Å²) in [5.74, 6) is 2.10. The molecular weight excluding hydrogens is 383 g/mol. The molecule has 3 aromatic rings. The van der Waals surface area contributed by atoms with E-state index in [-0.39, 0.29) is 5.82 Å². The largest absolute Gasteiger partial charge is 0.370 e. The molecule has 2 aromatic carbocycles. The van der Waals surface area contributed by atoms with Crippen LogP contribution in [0.15, 0.2) is 42.6 Å². The maximum absolute atomic E-state index is 14.7.